The first-order chi connectivity index (χ1) is 5.92. The lowest BCUT2D eigenvalue weighted by Gasteiger charge is -2.32. The molecule has 2 rings (SSSR count). The normalized spacial score (nSPS) is 31.8. The van der Waals surface area contributed by atoms with Crippen molar-refractivity contribution >= 4 is 7.12 Å². The van der Waals surface area contributed by atoms with Crippen molar-refractivity contribution in [1.82, 2.24) is 0 Å². The van der Waals surface area contributed by atoms with Crippen molar-refractivity contribution in [3.8, 4) is 0 Å². The van der Waals surface area contributed by atoms with Crippen LogP contribution in [0, 0.1) is 0 Å². The second-order valence-corrected chi connectivity index (χ2v) is 4.92. The summed E-state index contributed by atoms with van der Waals surface area (Å²) in [7, 11) is -0.0706. The summed E-state index contributed by atoms with van der Waals surface area (Å²) < 4.78 is 16.9. The molecule has 2 aliphatic rings. The molecule has 0 radical (unpaired) electrons. The Hall–Kier alpha value is -0.0551. The minimum atomic E-state index is -0.201. The van der Waals surface area contributed by atoms with E-state index in [9.17, 15) is 0 Å². The van der Waals surface area contributed by atoms with Gasteiger partial charge in [-0.15, -0.1) is 0 Å². The molecule has 0 aliphatic carbocycles. The van der Waals surface area contributed by atoms with Gasteiger partial charge in [-0.3, -0.25) is 0 Å². The van der Waals surface area contributed by atoms with Crippen molar-refractivity contribution in [2.24, 2.45) is 0 Å². The average Bonchev–Trinajstić information content (AvgIpc) is 1.96. The highest BCUT2D eigenvalue weighted by molar-refractivity contribution is 6.47. The van der Waals surface area contributed by atoms with Crippen molar-refractivity contribution in [1.29, 1.82) is 0 Å². The molecule has 2 fully saturated rings. The Morgan fingerprint density at radius 3 is 1.77 bits per heavy atom. The minimum absolute atomic E-state index is 0.0706. The molecule has 3 nitrogen and oxygen atoms in total. The largest absolute Gasteiger partial charge is 0.465 e. The smallest absolute Gasteiger partial charge is 0.403 e. The third-order valence-corrected chi connectivity index (χ3v) is 3.32. The maximum atomic E-state index is 5.87. The van der Waals surface area contributed by atoms with E-state index in [0.717, 1.165) is 13.2 Å². The Morgan fingerprint density at radius 1 is 1.00 bits per heavy atom. The molecule has 0 atom stereocenters. The SMILES string of the molecule is CC1(C)OB(C2COC2)OC1(C)C. The van der Waals surface area contributed by atoms with Crippen LogP contribution in [0.25, 0.3) is 0 Å². The Balaban J connectivity index is 2.05. The molecule has 2 heterocycles. The van der Waals surface area contributed by atoms with Gasteiger partial charge in [-0.2, -0.15) is 0 Å². The topological polar surface area (TPSA) is 27.7 Å². The zero-order valence-electron chi connectivity index (χ0n) is 8.79. The minimum Gasteiger partial charge on any atom is -0.403 e. The van der Waals surface area contributed by atoms with E-state index in [0.29, 0.717) is 5.82 Å². The second-order valence-electron chi connectivity index (χ2n) is 4.92. The summed E-state index contributed by atoms with van der Waals surface area (Å²) in [6.45, 7) is 9.85. The lowest BCUT2D eigenvalue weighted by Crippen LogP contribution is -2.41. The van der Waals surface area contributed by atoms with Gasteiger partial charge < -0.3 is 14.0 Å². The average molecular weight is 184 g/mol. The van der Waals surface area contributed by atoms with Gasteiger partial charge in [0, 0.05) is 5.82 Å². The highest BCUT2D eigenvalue weighted by atomic mass is 16.7. The molecule has 0 spiro atoms. The molecule has 0 aromatic rings. The fourth-order valence-electron chi connectivity index (χ4n) is 1.49. The third-order valence-electron chi connectivity index (χ3n) is 3.32. The molecule has 2 saturated heterocycles. The highest BCUT2D eigenvalue weighted by Gasteiger charge is 2.54. The number of hydrogen-bond donors (Lipinski definition) is 0. The van der Waals surface area contributed by atoms with E-state index < -0.39 is 0 Å². The molecule has 0 aromatic heterocycles. The molecule has 4 heteroatoms. The monoisotopic (exact) mass is 184 g/mol. The Labute approximate surface area is 79.9 Å². The third kappa shape index (κ3) is 1.41. The van der Waals surface area contributed by atoms with Crippen LogP contribution in [0.15, 0.2) is 0 Å². The molecule has 0 saturated carbocycles. The molecule has 2 aliphatic heterocycles. The standard InChI is InChI=1S/C9H17BO3/c1-8(2)9(3,4)13-10(12-8)7-5-11-6-7/h7H,5-6H2,1-4H3. The zero-order chi connectivity index (χ0) is 9.69. The fourth-order valence-corrected chi connectivity index (χ4v) is 1.49. The molecule has 0 unspecified atom stereocenters. The predicted molar refractivity (Wildman–Crippen MR) is 50.7 cm³/mol. The van der Waals surface area contributed by atoms with Gasteiger partial charge in [-0.1, -0.05) is 0 Å². The van der Waals surface area contributed by atoms with Crippen molar-refractivity contribution in [2.45, 2.75) is 44.7 Å². The molecule has 0 N–H and O–H groups in total. The lowest BCUT2D eigenvalue weighted by atomic mass is 9.70. The molecular formula is C9H17BO3. The van der Waals surface area contributed by atoms with Crippen LogP contribution in [0.1, 0.15) is 27.7 Å². The molecular weight excluding hydrogens is 167 g/mol. The summed E-state index contributed by atoms with van der Waals surface area (Å²) in [5.74, 6) is 0.432. The molecule has 0 amide bonds. The Morgan fingerprint density at radius 2 is 1.46 bits per heavy atom. The van der Waals surface area contributed by atoms with E-state index in [1.54, 1.807) is 0 Å². The van der Waals surface area contributed by atoms with Crippen LogP contribution < -0.4 is 0 Å². The van der Waals surface area contributed by atoms with E-state index in [-0.39, 0.29) is 18.3 Å². The first-order valence-corrected chi connectivity index (χ1v) is 4.86. The van der Waals surface area contributed by atoms with Crippen LogP contribution in [0.5, 0.6) is 0 Å². The van der Waals surface area contributed by atoms with Gasteiger partial charge in [0.05, 0.1) is 24.4 Å². The summed E-state index contributed by atoms with van der Waals surface area (Å²) in [4.78, 5) is 0. The maximum absolute atomic E-state index is 5.87. The summed E-state index contributed by atoms with van der Waals surface area (Å²) in [5, 5.41) is 0. The molecule has 0 aromatic carbocycles. The van der Waals surface area contributed by atoms with Gasteiger partial charge >= 0.3 is 7.12 Å². The van der Waals surface area contributed by atoms with E-state index in [4.69, 9.17) is 14.0 Å². The maximum Gasteiger partial charge on any atom is 0.465 e. The van der Waals surface area contributed by atoms with Crippen LogP contribution in [0.4, 0.5) is 0 Å². The Kier molecular flexibility index (Phi) is 1.99. The molecule has 74 valence electrons. The Bertz CT molecular complexity index is 195. The van der Waals surface area contributed by atoms with Gasteiger partial charge in [-0.25, -0.2) is 0 Å². The lowest BCUT2D eigenvalue weighted by molar-refractivity contribution is 0.00578. The number of rotatable bonds is 1. The summed E-state index contributed by atoms with van der Waals surface area (Å²) in [5.41, 5.74) is -0.402. The quantitative estimate of drug-likeness (QED) is 0.577. The van der Waals surface area contributed by atoms with Crippen LogP contribution >= 0.6 is 0 Å². The van der Waals surface area contributed by atoms with Gasteiger partial charge in [0.15, 0.2) is 0 Å². The van der Waals surface area contributed by atoms with Crippen LogP contribution in [-0.4, -0.2) is 31.5 Å². The second kappa shape index (κ2) is 2.72. The van der Waals surface area contributed by atoms with Crippen LogP contribution in [-0.2, 0) is 14.0 Å². The molecule has 13 heavy (non-hydrogen) atoms. The summed E-state index contributed by atoms with van der Waals surface area (Å²) >= 11 is 0. The zero-order valence-corrected chi connectivity index (χ0v) is 8.79. The van der Waals surface area contributed by atoms with Crippen molar-refractivity contribution in [3.05, 3.63) is 0 Å². The van der Waals surface area contributed by atoms with Gasteiger partial charge in [0.1, 0.15) is 0 Å². The fraction of sp³-hybridized carbons (Fsp3) is 1.00. The van der Waals surface area contributed by atoms with Crippen molar-refractivity contribution in [2.75, 3.05) is 13.2 Å². The van der Waals surface area contributed by atoms with E-state index in [1.165, 1.54) is 0 Å². The summed E-state index contributed by atoms with van der Waals surface area (Å²) in [6.07, 6.45) is 0. The first-order valence-electron chi connectivity index (χ1n) is 4.86. The van der Waals surface area contributed by atoms with Crippen molar-refractivity contribution in [3.63, 3.8) is 0 Å². The van der Waals surface area contributed by atoms with Gasteiger partial charge in [-0.05, 0) is 27.7 Å². The van der Waals surface area contributed by atoms with Crippen LogP contribution in [0.3, 0.4) is 0 Å². The van der Waals surface area contributed by atoms with Crippen LogP contribution in [0.2, 0.25) is 5.82 Å². The predicted octanol–water partition coefficient (Wildman–Crippen LogP) is 1.48. The number of hydrogen-bond acceptors (Lipinski definition) is 3. The van der Waals surface area contributed by atoms with Gasteiger partial charge in [0.25, 0.3) is 0 Å². The van der Waals surface area contributed by atoms with E-state index in [1.807, 2.05) is 0 Å². The summed E-state index contributed by atoms with van der Waals surface area (Å²) in [6, 6.07) is 0. The first kappa shape index (κ1) is 9.50. The van der Waals surface area contributed by atoms with E-state index in [2.05, 4.69) is 27.7 Å². The van der Waals surface area contributed by atoms with Gasteiger partial charge in [0.2, 0.25) is 0 Å². The number of ether oxygens (including phenoxy) is 1. The molecule has 0 bridgehead atoms. The van der Waals surface area contributed by atoms with E-state index >= 15 is 0 Å². The highest BCUT2D eigenvalue weighted by Crippen LogP contribution is 2.41. The van der Waals surface area contributed by atoms with Crippen molar-refractivity contribution < 1.29 is 14.0 Å².